The van der Waals surface area contributed by atoms with Gasteiger partial charge in [0.2, 0.25) is 5.91 Å². The standard InChI is InChI=1S/C25H33N3O3S/c1-3-31-25(30)22-20-9-5-6-10-21(20)32-24(22)27-23(29)17(2)26-18-11-13-19(14-12-18)28-15-7-4-8-16-28/h11-14,17,26H,3-10,15-16H2,1-2H3,(H,27,29). The number of hydrogen-bond acceptors (Lipinski definition) is 6. The van der Waals surface area contributed by atoms with Crippen LogP contribution in [0.15, 0.2) is 24.3 Å². The van der Waals surface area contributed by atoms with Crippen LogP contribution < -0.4 is 15.5 Å². The van der Waals surface area contributed by atoms with Crippen molar-refractivity contribution in [2.75, 3.05) is 35.2 Å². The van der Waals surface area contributed by atoms with Gasteiger partial charge in [0, 0.05) is 29.3 Å². The Balaban J connectivity index is 1.42. The SMILES string of the molecule is CCOC(=O)c1c(NC(=O)C(C)Nc2ccc(N3CCCCC3)cc2)sc2c1CCCC2. The van der Waals surface area contributed by atoms with Crippen LogP contribution in [0.25, 0.3) is 0 Å². The zero-order valence-electron chi connectivity index (χ0n) is 19.0. The van der Waals surface area contributed by atoms with Gasteiger partial charge in [0.05, 0.1) is 12.2 Å². The summed E-state index contributed by atoms with van der Waals surface area (Å²) >= 11 is 1.52. The van der Waals surface area contributed by atoms with Crippen molar-refractivity contribution in [1.29, 1.82) is 0 Å². The number of nitrogens with one attached hydrogen (secondary N) is 2. The van der Waals surface area contributed by atoms with E-state index in [9.17, 15) is 9.59 Å². The smallest absolute Gasteiger partial charge is 0.341 e. The summed E-state index contributed by atoms with van der Waals surface area (Å²) < 4.78 is 5.29. The lowest BCUT2D eigenvalue weighted by Crippen LogP contribution is -2.32. The van der Waals surface area contributed by atoms with Crippen molar-refractivity contribution in [3.8, 4) is 0 Å². The number of thiophene rings is 1. The number of piperidine rings is 1. The van der Waals surface area contributed by atoms with E-state index < -0.39 is 6.04 Å². The molecule has 1 aromatic carbocycles. The molecule has 7 heteroatoms. The van der Waals surface area contributed by atoms with Gasteiger partial charge >= 0.3 is 5.97 Å². The Morgan fingerprint density at radius 2 is 1.78 bits per heavy atom. The summed E-state index contributed by atoms with van der Waals surface area (Å²) in [4.78, 5) is 29.2. The number of rotatable bonds is 7. The van der Waals surface area contributed by atoms with Gasteiger partial charge in [-0.05, 0) is 88.6 Å². The third-order valence-corrected chi connectivity index (χ3v) is 7.46. The Hall–Kier alpha value is -2.54. The summed E-state index contributed by atoms with van der Waals surface area (Å²) in [5, 5.41) is 6.90. The molecule has 172 valence electrons. The molecule has 1 atom stereocenters. The van der Waals surface area contributed by atoms with E-state index in [1.165, 1.54) is 41.2 Å². The molecule has 2 heterocycles. The lowest BCUT2D eigenvalue weighted by Gasteiger charge is -2.29. The van der Waals surface area contributed by atoms with Gasteiger partial charge in [-0.2, -0.15) is 0 Å². The number of nitrogens with zero attached hydrogens (tertiary/aromatic N) is 1. The number of esters is 1. The number of fused-ring (bicyclic) bond motifs is 1. The van der Waals surface area contributed by atoms with Crippen molar-refractivity contribution in [2.24, 2.45) is 0 Å². The zero-order valence-corrected chi connectivity index (χ0v) is 19.9. The third kappa shape index (κ3) is 5.09. The maximum absolute atomic E-state index is 12.9. The van der Waals surface area contributed by atoms with E-state index in [1.807, 2.05) is 19.1 Å². The molecule has 1 fully saturated rings. The highest BCUT2D eigenvalue weighted by molar-refractivity contribution is 7.17. The molecule has 32 heavy (non-hydrogen) atoms. The van der Waals surface area contributed by atoms with Gasteiger partial charge in [-0.15, -0.1) is 11.3 Å². The summed E-state index contributed by atoms with van der Waals surface area (Å²) in [6.45, 7) is 6.18. The average Bonchev–Trinajstić information content (AvgIpc) is 3.18. The number of carbonyl (C=O) groups is 2. The lowest BCUT2D eigenvalue weighted by atomic mass is 9.95. The summed E-state index contributed by atoms with van der Waals surface area (Å²) in [5.74, 6) is -0.495. The molecule has 2 N–H and O–H groups in total. The van der Waals surface area contributed by atoms with Crippen molar-refractivity contribution < 1.29 is 14.3 Å². The molecule has 2 aromatic rings. The number of amides is 1. The van der Waals surface area contributed by atoms with Gasteiger partial charge in [-0.1, -0.05) is 0 Å². The van der Waals surface area contributed by atoms with E-state index in [0.29, 0.717) is 17.2 Å². The summed E-state index contributed by atoms with van der Waals surface area (Å²) in [7, 11) is 0. The molecule has 0 bridgehead atoms. The topological polar surface area (TPSA) is 70.7 Å². The first-order chi connectivity index (χ1) is 15.6. The zero-order chi connectivity index (χ0) is 22.5. The normalized spacial score (nSPS) is 16.8. The number of anilines is 3. The lowest BCUT2D eigenvalue weighted by molar-refractivity contribution is -0.116. The molecule has 1 aliphatic heterocycles. The first-order valence-corrected chi connectivity index (χ1v) is 12.6. The molecule has 1 aliphatic carbocycles. The van der Waals surface area contributed by atoms with Crippen LogP contribution in [0.2, 0.25) is 0 Å². The molecule has 0 radical (unpaired) electrons. The highest BCUT2D eigenvalue weighted by Gasteiger charge is 2.28. The van der Waals surface area contributed by atoms with Gasteiger partial charge in [-0.3, -0.25) is 4.79 Å². The Kier molecular flexibility index (Phi) is 7.35. The number of hydrogen-bond donors (Lipinski definition) is 2. The molecule has 0 spiro atoms. The van der Waals surface area contributed by atoms with E-state index in [2.05, 4.69) is 27.7 Å². The minimum atomic E-state index is -0.440. The van der Waals surface area contributed by atoms with E-state index >= 15 is 0 Å². The molecule has 1 saturated heterocycles. The Bertz CT molecular complexity index is 948. The maximum Gasteiger partial charge on any atom is 0.341 e. The van der Waals surface area contributed by atoms with Crippen molar-refractivity contribution in [2.45, 2.75) is 64.8 Å². The van der Waals surface area contributed by atoms with E-state index in [0.717, 1.165) is 50.0 Å². The van der Waals surface area contributed by atoms with Gasteiger partial charge in [0.15, 0.2) is 0 Å². The second-order valence-corrected chi connectivity index (χ2v) is 9.69. The molecular formula is C25H33N3O3S. The molecule has 1 unspecified atom stereocenters. The van der Waals surface area contributed by atoms with E-state index in [4.69, 9.17) is 4.74 Å². The largest absolute Gasteiger partial charge is 0.462 e. The maximum atomic E-state index is 12.9. The number of ether oxygens (including phenoxy) is 1. The third-order valence-electron chi connectivity index (χ3n) is 6.25. The fourth-order valence-corrected chi connectivity index (χ4v) is 5.81. The van der Waals surface area contributed by atoms with Crippen molar-refractivity contribution in [3.63, 3.8) is 0 Å². The van der Waals surface area contributed by atoms with E-state index in [1.54, 1.807) is 6.92 Å². The Morgan fingerprint density at radius 3 is 2.50 bits per heavy atom. The van der Waals surface area contributed by atoms with Crippen LogP contribution >= 0.6 is 11.3 Å². The van der Waals surface area contributed by atoms with E-state index in [-0.39, 0.29) is 11.9 Å². The quantitative estimate of drug-likeness (QED) is 0.559. The number of aryl methyl sites for hydroxylation is 1. The molecular weight excluding hydrogens is 422 g/mol. The fourth-order valence-electron chi connectivity index (χ4n) is 4.53. The Morgan fingerprint density at radius 1 is 1.06 bits per heavy atom. The molecule has 0 saturated carbocycles. The van der Waals surface area contributed by atoms with Crippen LogP contribution in [0.3, 0.4) is 0 Å². The van der Waals surface area contributed by atoms with Crippen LogP contribution in [-0.2, 0) is 22.4 Å². The molecule has 4 rings (SSSR count). The van der Waals surface area contributed by atoms with Crippen LogP contribution in [0.4, 0.5) is 16.4 Å². The highest BCUT2D eigenvalue weighted by atomic mass is 32.1. The first kappa shape index (κ1) is 22.6. The minimum absolute atomic E-state index is 0.158. The number of carbonyl (C=O) groups excluding carboxylic acids is 2. The minimum Gasteiger partial charge on any atom is -0.462 e. The summed E-state index contributed by atoms with van der Waals surface area (Å²) in [5.41, 5.74) is 3.75. The molecule has 1 aromatic heterocycles. The second kappa shape index (κ2) is 10.4. The van der Waals surface area contributed by atoms with Gasteiger partial charge < -0.3 is 20.3 Å². The van der Waals surface area contributed by atoms with Gasteiger partial charge in [-0.25, -0.2) is 4.79 Å². The predicted octanol–water partition coefficient (Wildman–Crippen LogP) is 5.23. The monoisotopic (exact) mass is 455 g/mol. The van der Waals surface area contributed by atoms with Gasteiger partial charge in [0.25, 0.3) is 0 Å². The highest BCUT2D eigenvalue weighted by Crippen LogP contribution is 2.38. The molecule has 1 amide bonds. The van der Waals surface area contributed by atoms with Crippen LogP contribution in [-0.4, -0.2) is 37.6 Å². The number of benzene rings is 1. The van der Waals surface area contributed by atoms with Crippen LogP contribution in [0.5, 0.6) is 0 Å². The Labute approximate surface area is 194 Å². The second-order valence-electron chi connectivity index (χ2n) is 8.59. The summed E-state index contributed by atoms with van der Waals surface area (Å²) in [6, 6.07) is 7.85. The van der Waals surface area contributed by atoms with Crippen LogP contribution in [0.1, 0.15) is 66.8 Å². The predicted molar refractivity (Wildman–Crippen MR) is 131 cm³/mol. The summed E-state index contributed by atoms with van der Waals surface area (Å²) in [6.07, 6.45) is 7.82. The van der Waals surface area contributed by atoms with Crippen LogP contribution in [0, 0.1) is 0 Å². The first-order valence-electron chi connectivity index (χ1n) is 11.8. The van der Waals surface area contributed by atoms with Crippen molar-refractivity contribution in [3.05, 3.63) is 40.3 Å². The van der Waals surface area contributed by atoms with Crippen molar-refractivity contribution >= 4 is 39.6 Å². The fraction of sp³-hybridized carbons (Fsp3) is 0.520. The molecule has 2 aliphatic rings. The van der Waals surface area contributed by atoms with Gasteiger partial charge in [0.1, 0.15) is 11.0 Å². The van der Waals surface area contributed by atoms with Crippen molar-refractivity contribution in [1.82, 2.24) is 0 Å². The molecule has 6 nitrogen and oxygen atoms in total. The average molecular weight is 456 g/mol.